The molecule has 2 aromatic heterocycles. The number of aromatic nitrogens is 2. The molecule has 0 spiro atoms. The number of thiophene rings is 1. The molecule has 17 heavy (non-hydrogen) atoms. The standard InChI is InChI=1S/C11H13N5S/c12-15-10-5-11(14-7-13-10)16-3-1-9-8(6-16)2-4-17-9/h2,4-5,7H,1,3,6,12H2,(H,13,14,15). The van der Waals surface area contributed by atoms with Gasteiger partial charge in [-0.2, -0.15) is 0 Å². The summed E-state index contributed by atoms with van der Waals surface area (Å²) in [5, 5.41) is 2.15. The Morgan fingerprint density at radius 1 is 1.41 bits per heavy atom. The van der Waals surface area contributed by atoms with Gasteiger partial charge in [-0.1, -0.05) is 0 Å². The van der Waals surface area contributed by atoms with E-state index < -0.39 is 0 Å². The predicted octanol–water partition coefficient (Wildman–Crippen LogP) is 1.39. The van der Waals surface area contributed by atoms with Crippen molar-refractivity contribution in [2.75, 3.05) is 16.9 Å². The second kappa shape index (κ2) is 4.31. The van der Waals surface area contributed by atoms with E-state index in [1.165, 1.54) is 16.8 Å². The van der Waals surface area contributed by atoms with Crippen LogP contribution in [0.1, 0.15) is 10.4 Å². The second-order valence-corrected chi connectivity index (χ2v) is 4.95. The normalized spacial score (nSPS) is 14.5. The average Bonchev–Trinajstić information content (AvgIpc) is 2.86. The molecule has 88 valence electrons. The van der Waals surface area contributed by atoms with Gasteiger partial charge in [0, 0.05) is 24.0 Å². The summed E-state index contributed by atoms with van der Waals surface area (Å²) in [4.78, 5) is 12.0. The second-order valence-electron chi connectivity index (χ2n) is 3.95. The number of hydrazine groups is 1. The molecule has 3 N–H and O–H groups in total. The first-order valence-corrected chi connectivity index (χ1v) is 6.33. The number of nitrogen functional groups attached to an aromatic ring is 1. The molecule has 1 aliphatic heterocycles. The third-order valence-electron chi connectivity index (χ3n) is 2.93. The Kier molecular flexibility index (Phi) is 2.66. The van der Waals surface area contributed by atoms with Crippen LogP contribution < -0.4 is 16.2 Å². The van der Waals surface area contributed by atoms with Crippen molar-refractivity contribution in [3.63, 3.8) is 0 Å². The fourth-order valence-corrected chi connectivity index (χ4v) is 2.93. The smallest absolute Gasteiger partial charge is 0.145 e. The predicted molar refractivity (Wildman–Crippen MR) is 68.9 cm³/mol. The quantitative estimate of drug-likeness (QED) is 0.620. The van der Waals surface area contributed by atoms with Crippen molar-refractivity contribution < 1.29 is 0 Å². The Bertz CT molecular complexity index is 524. The zero-order valence-electron chi connectivity index (χ0n) is 9.26. The van der Waals surface area contributed by atoms with Gasteiger partial charge in [-0.3, -0.25) is 0 Å². The van der Waals surface area contributed by atoms with Gasteiger partial charge in [0.15, 0.2) is 0 Å². The van der Waals surface area contributed by atoms with Crippen molar-refractivity contribution in [1.29, 1.82) is 0 Å². The summed E-state index contributed by atoms with van der Waals surface area (Å²) in [5.74, 6) is 6.92. The first-order chi connectivity index (χ1) is 8.36. The van der Waals surface area contributed by atoms with E-state index in [4.69, 9.17) is 5.84 Å². The van der Waals surface area contributed by atoms with Crippen LogP contribution in [0.3, 0.4) is 0 Å². The van der Waals surface area contributed by atoms with Crippen LogP contribution in [0.25, 0.3) is 0 Å². The van der Waals surface area contributed by atoms with Crippen molar-refractivity contribution in [3.8, 4) is 0 Å². The molecule has 0 atom stereocenters. The van der Waals surface area contributed by atoms with Crippen molar-refractivity contribution in [2.24, 2.45) is 5.84 Å². The lowest BCUT2D eigenvalue weighted by Gasteiger charge is -2.27. The fourth-order valence-electron chi connectivity index (χ4n) is 2.04. The molecule has 0 fully saturated rings. The Hall–Kier alpha value is -1.66. The third-order valence-corrected chi connectivity index (χ3v) is 3.96. The Morgan fingerprint density at radius 2 is 2.35 bits per heavy atom. The largest absolute Gasteiger partial charge is 0.352 e. The third kappa shape index (κ3) is 1.96. The molecule has 0 aromatic carbocycles. The highest BCUT2D eigenvalue weighted by Gasteiger charge is 2.18. The van der Waals surface area contributed by atoms with Crippen LogP contribution in [0.2, 0.25) is 0 Å². The van der Waals surface area contributed by atoms with Gasteiger partial charge in [0.1, 0.15) is 18.0 Å². The van der Waals surface area contributed by atoms with Crippen LogP contribution >= 0.6 is 11.3 Å². The van der Waals surface area contributed by atoms with Crippen LogP contribution in [-0.4, -0.2) is 16.5 Å². The van der Waals surface area contributed by atoms with Crippen molar-refractivity contribution in [1.82, 2.24) is 9.97 Å². The van der Waals surface area contributed by atoms with E-state index >= 15 is 0 Å². The monoisotopic (exact) mass is 247 g/mol. The summed E-state index contributed by atoms with van der Waals surface area (Å²) in [6.07, 6.45) is 2.62. The molecule has 1 aliphatic rings. The molecule has 0 aliphatic carbocycles. The van der Waals surface area contributed by atoms with E-state index in [0.717, 1.165) is 25.3 Å². The Balaban J connectivity index is 1.86. The van der Waals surface area contributed by atoms with Gasteiger partial charge in [-0.15, -0.1) is 11.3 Å². The van der Waals surface area contributed by atoms with E-state index in [2.05, 4.69) is 31.7 Å². The number of rotatable bonds is 2. The number of hydrogen-bond acceptors (Lipinski definition) is 6. The van der Waals surface area contributed by atoms with Crippen LogP contribution in [0, 0.1) is 0 Å². The first-order valence-electron chi connectivity index (χ1n) is 5.45. The number of hydrogen-bond donors (Lipinski definition) is 2. The van der Waals surface area contributed by atoms with E-state index in [1.807, 2.05) is 17.4 Å². The number of nitrogens with one attached hydrogen (secondary N) is 1. The SMILES string of the molecule is NNc1cc(N2CCc3sccc3C2)ncn1. The number of nitrogens with two attached hydrogens (primary N) is 1. The molecule has 0 saturated carbocycles. The topological polar surface area (TPSA) is 67.1 Å². The first kappa shape index (κ1) is 10.5. The summed E-state index contributed by atoms with van der Waals surface area (Å²) in [7, 11) is 0. The summed E-state index contributed by atoms with van der Waals surface area (Å²) >= 11 is 1.84. The number of anilines is 2. The lowest BCUT2D eigenvalue weighted by Crippen LogP contribution is -2.30. The van der Waals surface area contributed by atoms with Crippen molar-refractivity contribution >= 4 is 23.0 Å². The van der Waals surface area contributed by atoms with Gasteiger partial charge in [0.2, 0.25) is 0 Å². The summed E-state index contributed by atoms with van der Waals surface area (Å²) in [5.41, 5.74) is 3.95. The Morgan fingerprint density at radius 3 is 3.24 bits per heavy atom. The molecule has 0 unspecified atom stereocenters. The summed E-state index contributed by atoms with van der Waals surface area (Å²) in [6, 6.07) is 4.06. The Labute approximate surface area is 103 Å². The number of nitrogens with zero attached hydrogens (tertiary/aromatic N) is 3. The molecule has 0 saturated heterocycles. The number of fused-ring (bicyclic) bond motifs is 1. The van der Waals surface area contributed by atoms with Crippen molar-refractivity contribution in [3.05, 3.63) is 34.3 Å². The molecule has 2 aromatic rings. The van der Waals surface area contributed by atoms with Gasteiger partial charge in [0.05, 0.1) is 0 Å². The highest BCUT2D eigenvalue weighted by Crippen LogP contribution is 2.27. The van der Waals surface area contributed by atoms with E-state index in [-0.39, 0.29) is 0 Å². The molecular formula is C11H13N5S. The molecule has 0 radical (unpaired) electrons. The zero-order chi connectivity index (χ0) is 11.7. The minimum Gasteiger partial charge on any atom is -0.352 e. The van der Waals surface area contributed by atoms with E-state index in [9.17, 15) is 0 Å². The summed E-state index contributed by atoms with van der Waals surface area (Å²) < 4.78 is 0. The van der Waals surface area contributed by atoms with Crippen LogP contribution in [0.5, 0.6) is 0 Å². The van der Waals surface area contributed by atoms with Gasteiger partial charge < -0.3 is 10.3 Å². The van der Waals surface area contributed by atoms with Crippen LogP contribution in [0.4, 0.5) is 11.6 Å². The van der Waals surface area contributed by atoms with Gasteiger partial charge >= 0.3 is 0 Å². The maximum absolute atomic E-state index is 5.35. The molecule has 6 heteroatoms. The summed E-state index contributed by atoms with van der Waals surface area (Å²) in [6.45, 7) is 1.91. The molecule has 3 heterocycles. The van der Waals surface area contributed by atoms with Crippen LogP contribution in [-0.2, 0) is 13.0 Å². The van der Waals surface area contributed by atoms with Crippen molar-refractivity contribution in [2.45, 2.75) is 13.0 Å². The molecule has 5 nitrogen and oxygen atoms in total. The maximum Gasteiger partial charge on any atom is 0.145 e. The minimum atomic E-state index is 0.645. The van der Waals surface area contributed by atoms with Gasteiger partial charge in [-0.05, 0) is 23.4 Å². The van der Waals surface area contributed by atoms with E-state index in [1.54, 1.807) is 0 Å². The molecule has 0 bridgehead atoms. The average molecular weight is 247 g/mol. The van der Waals surface area contributed by atoms with Gasteiger partial charge in [-0.25, -0.2) is 15.8 Å². The molecule has 3 rings (SSSR count). The van der Waals surface area contributed by atoms with E-state index in [0.29, 0.717) is 5.82 Å². The molecular weight excluding hydrogens is 234 g/mol. The highest BCUT2D eigenvalue weighted by molar-refractivity contribution is 7.10. The highest BCUT2D eigenvalue weighted by atomic mass is 32.1. The fraction of sp³-hybridized carbons (Fsp3) is 0.273. The van der Waals surface area contributed by atoms with Gasteiger partial charge in [0.25, 0.3) is 0 Å². The minimum absolute atomic E-state index is 0.645. The lowest BCUT2D eigenvalue weighted by atomic mass is 10.1. The van der Waals surface area contributed by atoms with Crippen LogP contribution in [0.15, 0.2) is 23.8 Å². The lowest BCUT2D eigenvalue weighted by molar-refractivity contribution is 0.730. The molecule has 0 amide bonds. The zero-order valence-corrected chi connectivity index (χ0v) is 10.1. The maximum atomic E-state index is 5.35.